The zero-order valence-electron chi connectivity index (χ0n) is 19.1. The lowest BCUT2D eigenvalue weighted by Crippen LogP contribution is -2.48. The molecule has 4 saturated carbocycles. The number of benzene rings is 2. The van der Waals surface area contributed by atoms with Crippen LogP contribution < -0.4 is 4.74 Å². The lowest BCUT2D eigenvalue weighted by Gasteiger charge is -2.57. The van der Waals surface area contributed by atoms with Crippen LogP contribution in [-0.4, -0.2) is 26.0 Å². The Hall–Kier alpha value is -2.62. The van der Waals surface area contributed by atoms with Crippen molar-refractivity contribution in [3.05, 3.63) is 64.7 Å². The zero-order valence-corrected chi connectivity index (χ0v) is 19.1. The SMILES string of the molecule is COC(=O)CCc1ccc(C(=O)c2cccc(C34CC5CC(CC(C5)C3)C4)c2OC)cc1. The highest BCUT2D eigenvalue weighted by molar-refractivity contribution is 6.11. The van der Waals surface area contributed by atoms with Gasteiger partial charge in [-0.3, -0.25) is 9.59 Å². The van der Waals surface area contributed by atoms with E-state index in [1.165, 1.54) is 51.2 Å². The van der Waals surface area contributed by atoms with E-state index in [1.807, 2.05) is 36.4 Å². The lowest BCUT2D eigenvalue weighted by molar-refractivity contribution is -0.140. The third-order valence-electron chi connectivity index (χ3n) is 8.13. The van der Waals surface area contributed by atoms with E-state index in [1.54, 1.807) is 7.11 Å². The van der Waals surface area contributed by atoms with E-state index in [0.717, 1.165) is 29.1 Å². The van der Waals surface area contributed by atoms with Crippen molar-refractivity contribution >= 4 is 11.8 Å². The number of carbonyl (C=O) groups is 2. The minimum atomic E-state index is -0.226. The predicted molar refractivity (Wildman–Crippen MR) is 123 cm³/mol. The van der Waals surface area contributed by atoms with Gasteiger partial charge in [-0.05, 0) is 79.7 Å². The second-order valence-corrected chi connectivity index (χ2v) is 10.2. The Morgan fingerprint density at radius 3 is 2.09 bits per heavy atom. The Bertz CT molecular complexity index is 985. The summed E-state index contributed by atoms with van der Waals surface area (Å²) in [5.74, 6) is 3.05. The minimum Gasteiger partial charge on any atom is -0.496 e. The molecule has 0 aromatic heterocycles. The molecule has 0 heterocycles. The van der Waals surface area contributed by atoms with Crippen molar-refractivity contribution in [1.82, 2.24) is 0 Å². The Labute approximate surface area is 190 Å². The molecule has 4 nitrogen and oxygen atoms in total. The monoisotopic (exact) mass is 432 g/mol. The molecule has 0 atom stereocenters. The topological polar surface area (TPSA) is 52.6 Å². The second-order valence-electron chi connectivity index (χ2n) is 10.2. The molecule has 2 aromatic carbocycles. The number of aryl methyl sites for hydroxylation is 1. The Balaban J connectivity index is 1.42. The molecule has 0 spiro atoms. The molecule has 4 aliphatic rings. The second kappa shape index (κ2) is 8.38. The summed E-state index contributed by atoms with van der Waals surface area (Å²) in [6.07, 6.45) is 8.83. The Morgan fingerprint density at radius 2 is 1.53 bits per heavy atom. The highest BCUT2D eigenvalue weighted by Crippen LogP contribution is 2.62. The van der Waals surface area contributed by atoms with Gasteiger partial charge in [0, 0.05) is 17.5 Å². The molecular formula is C28H32O4. The summed E-state index contributed by atoms with van der Waals surface area (Å²) in [7, 11) is 3.10. The first kappa shape index (κ1) is 21.2. The van der Waals surface area contributed by atoms with Crippen LogP contribution in [0.15, 0.2) is 42.5 Å². The maximum atomic E-state index is 13.5. The van der Waals surface area contributed by atoms with E-state index >= 15 is 0 Å². The van der Waals surface area contributed by atoms with Gasteiger partial charge in [-0.25, -0.2) is 0 Å². The van der Waals surface area contributed by atoms with Gasteiger partial charge in [0.2, 0.25) is 0 Å². The molecule has 4 heteroatoms. The van der Waals surface area contributed by atoms with Crippen LogP contribution in [0.3, 0.4) is 0 Å². The number of para-hydroxylation sites is 1. The van der Waals surface area contributed by atoms with Gasteiger partial charge in [0.25, 0.3) is 0 Å². The molecule has 4 bridgehead atoms. The molecule has 6 rings (SSSR count). The summed E-state index contributed by atoms with van der Waals surface area (Å²) >= 11 is 0. The van der Waals surface area contributed by atoms with Crippen LogP contribution >= 0.6 is 0 Å². The van der Waals surface area contributed by atoms with Crippen LogP contribution in [0.5, 0.6) is 5.75 Å². The number of hydrogen-bond acceptors (Lipinski definition) is 4. The fraction of sp³-hybridized carbons (Fsp3) is 0.500. The predicted octanol–water partition coefficient (Wildman–Crippen LogP) is 5.50. The van der Waals surface area contributed by atoms with Crippen LogP contribution in [0, 0.1) is 17.8 Å². The highest BCUT2D eigenvalue weighted by Gasteiger charge is 2.52. The third kappa shape index (κ3) is 3.74. The third-order valence-corrected chi connectivity index (χ3v) is 8.13. The first-order valence-electron chi connectivity index (χ1n) is 11.9. The molecule has 0 unspecified atom stereocenters. The van der Waals surface area contributed by atoms with Crippen molar-refractivity contribution in [2.75, 3.05) is 14.2 Å². The van der Waals surface area contributed by atoms with Crippen LogP contribution in [0.1, 0.15) is 72.0 Å². The molecule has 2 aromatic rings. The van der Waals surface area contributed by atoms with Crippen molar-refractivity contribution in [3.63, 3.8) is 0 Å². The van der Waals surface area contributed by atoms with E-state index in [9.17, 15) is 9.59 Å². The van der Waals surface area contributed by atoms with Gasteiger partial charge in [-0.2, -0.15) is 0 Å². The average Bonchev–Trinajstić information content (AvgIpc) is 2.81. The molecule has 32 heavy (non-hydrogen) atoms. The zero-order chi connectivity index (χ0) is 22.3. The minimum absolute atomic E-state index is 0.00653. The number of carbonyl (C=O) groups excluding carboxylic acids is 2. The molecule has 168 valence electrons. The van der Waals surface area contributed by atoms with Gasteiger partial charge >= 0.3 is 5.97 Å². The van der Waals surface area contributed by atoms with Gasteiger partial charge in [-0.15, -0.1) is 0 Å². The number of hydrogen-bond donors (Lipinski definition) is 0. The Kier molecular flexibility index (Phi) is 5.56. The number of rotatable bonds is 7. The quantitative estimate of drug-likeness (QED) is 0.428. The average molecular weight is 433 g/mol. The summed E-state index contributed by atoms with van der Waals surface area (Å²) < 4.78 is 10.6. The van der Waals surface area contributed by atoms with Crippen LogP contribution in [-0.2, 0) is 21.4 Å². The summed E-state index contributed by atoms with van der Waals surface area (Å²) in [5.41, 5.74) is 3.74. The summed E-state index contributed by atoms with van der Waals surface area (Å²) in [5, 5.41) is 0. The molecule has 0 amide bonds. The van der Waals surface area contributed by atoms with E-state index in [2.05, 4.69) is 6.07 Å². The summed E-state index contributed by atoms with van der Waals surface area (Å²) in [6.45, 7) is 0. The molecule has 0 aliphatic heterocycles. The van der Waals surface area contributed by atoms with Crippen LogP contribution in [0.2, 0.25) is 0 Å². The standard InChI is InChI=1S/C28H32O4/c1-31-25(29)11-8-18-6-9-22(10-7-18)26(30)23-4-3-5-24(27(23)32-2)28-15-19-12-20(16-28)14-21(13-19)17-28/h3-7,9-10,19-21H,8,11-17H2,1-2H3. The van der Waals surface area contributed by atoms with E-state index in [4.69, 9.17) is 9.47 Å². The van der Waals surface area contributed by atoms with Crippen LogP contribution in [0.4, 0.5) is 0 Å². The molecular weight excluding hydrogens is 400 g/mol. The first-order chi connectivity index (χ1) is 15.5. The van der Waals surface area contributed by atoms with E-state index in [0.29, 0.717) is 24.0 Å². The largest absolute Gasteiger partial charge is 0.496 e. The van der Waals surface area contributed by atoms with Gasteiger partial charge in [-0.1, -0.05) is 36.4 Å². The van der Waals surface area contributed by atoms with Crippen molar-refractivity contribution < 1.29 is 19.1 Å². The summed E-state index contributed by atoms with van der Waals surface area (Å²) in [6, 6.07) is 13.7. The Morgan fingerprint density at radius 1 is 0.906 bits per heavy atom. The fourth-order valence-corrected chi connectivity index (χ4v) is 7.12. The number of methoxy groups -OCH3 is 2. The van der Waals surface area contributed by atoms with E-state index < -0.39 is 0 Å². The van der Waals surface area contributed by atoms with Crippen molar-refractivity contribution in [2.45, 2.75) is 56.8 Å². The molecule has 0 radical (unpaired) electrons. The van der Waals surface area contributed by atoms with Crippen molar-refractivity contribution in [3.8, 4) is 5.75 Å². The first-order valence-corrected chi connectivity index (χ1v) is 11.9. The lowest BCUT2D eigenvalue weighted by atomic mass is 9.48. The molecule has 4 fully saturated rings. The van der Waals surface area contributed by atoms with Gasteiger partial charge in [0.1, 0.15) is 5.75 Å². The highest BCUT2D eigenvalue weighted by atomic mass is 16.5. The number of ether oxygens (including phenoxy) is 2. The fourth-order valence-electron chi connectivity index (χ4n) is 7.12. The van der Waals surface area contributed by atoms with Crippen LogP contribution in [0.25, 0.3) is 0 Å². The summed E-state index contributed by atoms with van der Waals surface area (Å²) in [4.78, 5) is 24.9. The smallest absolute Gasteiger partial charge is 0.305 e. The number of esters is 1. The van der Waals surface area contributed by atoms with E-state index in [-0.39, 0.29) is 17.2 Å². The number of ketones is 1. The maximum Gasteiger partial charge on any atom is 0.305 e. The van der Waals surface area contributed by atoms with Gasteiger partial charge in [0.05, 0.1) is 19.8 Å². The van der Waals surface area contributed by atoms with Crippen molar-refractivity contribution in [2.24, 2.45) is 17.8 Å². The normalized spacial score (nSPS) is 27.9. The van der Waals surface area contributed by atoms with Gasteiger partial charge < -0.3 is 9.47 Å². The van der Waals surface area contributed by atoms with Crippen molar-refractivity contribution in [1.29, 1.82) is 0 Å². The molecule has 0 N–H and O–H groups in total. The maximum absolute atomic E-state index is 13.5. The molecule has 0 saturated heterocycles. The molecule has 4 aliphatic carbocycles. The van der Waals surface area contributed by atoms with Gasteiger partial charge in [0.15, 0.2) is 5.78 Å².